The van der Waals surface area contributed by atoms with E-state index in [1.807, 2.05) is 0 Å². The molecule has 43 heavy (non-hydrogen) atoms. The van der Waals surface area contributed by atoms with E-state index >= 15 is 4.39 Å². The van der Waals surface area contributed by atoms with E-state index in [-0.39, 0.29) is 35.9 Å². The van der Waals surface area contributed by atoms with Crippen LogP contribution in [0.3, 0.4) is 0 Å². The van der Waals surface area contributed by atoms with Gasteiger partial charge < -0.3 is 14.8 Å². The lowest BCUT2D eigenvalue weighted by Crippen LogP contribution is -2.41. The molecule has 1 fully saturated rings. The van der Waals surface area contributed by atoms with Crippen molar-refractivity contribution < 1.29 is 45.0 Å². The third-order valence-corrected chi connectivity index (χ3v) is 7.73. The van der Waals surface area contributed by atoms with Gasteiger partial charge in [0.25, 0.3) is 0 Å². The molecule has 1 aliphatic carbocycles. The lowest BCUT2D eigenvalue weighted by Gasteiger charge is -2.36. The minimum atomic E-state index is -4.43. The quantitative estimate of drug-likeness (QED) is 0.200. The van der Waals surface area contributed by atoms with Crippen LogP contribution in [0.5, 0.6) is 11.5 Å². The normalized spacial score (nSPS) is 15.5. The van der Waals surface area contributed by atoms with E-state index in [2.05, 4.69) is 10.1 Å². The number of ether oxygens (including phenoxy) is 2. The molecule has 0 saturated heterocycles. The molecule has 0 heterocycles. The summed E-state index contributed by atoms with van der Waals surface area (Å²) in [6.45, 7) is -3.16. The van der Waals surface area contributed by atoms with Gasteiger partial charge in [-0.05, 0) is 65.8 Å². The second kappa shape index (κ2) is 13.7. The molecule has 4 nitrogen and oxygen atoms in total. The van der Waals surface area contributed by atoms with Crippen LogP contribution in [0.25, 0.3) is 0 Å². The number of carbonyl (C=O) groups is 1. The molecule has 1 N–H and O–H groups in total. The van der Waals surface area contributed by atoms with Gasteiger partial charge in [0.1, 0.15) is 5.82 Å². The number of methoxy groups -OCH3 is 1. The van der Waals surface area contributed by atoms with E-state index in [0.717, 1.165) is 37.8 Å². The molecule has 0 aromatic heterocycles. The third-order valence-electron chi connectivity index (χ3n) is 7.73. The van der Waals surface area contributed by atoms with Crippen molar-refractivity contribution in [2.45, 2.75) is 75.4 Å². The van der Waals surface area contributed by atoms with Gasteiger partial charge >= 0.3 is 19.0 Å². The van der Waals surface area contributed by atoms with Crippen molar-refractivity contribution in [3.63, 3.8) is 0 Å². The van der Waals surface area contributed by atoms with Gasteiger partial charge in [0.05, 0.1) is 7.11 Å². The SMILES string of the molecule is COc1cc([C@@](CC(=O)NC2CCCC2)(Cc2ccccc2)c2cc(F)cc(CC(F)(F)C(F)F)c2)ccc1OC(F)F. The smallest absolute Gasteiger partial charge is 0.387 e. The van der Waals surface area contributed by atoms with Crippen molar-refractivity contribution in [3.05, 3.63) is 94.8 Å². The molecular formula is C32H32F7NO3. The van der Waals surface area contributed by atoms with E-state index < -0.39 is 48.1 Å². The van der Waals surface area contributed by atoms with Crippen molar-refractivity contribution in [2.24, 2.45) is 0 Å². The molecule has 0 radical (unpaired) electrons. The second-order valence-electron chi connectivity index (χ2n) is 10.8. The van der Waals surface area contributed by atoms with E-state index in [9.17, 15) is 31.1 Å². The number of hydrogen-bond acceptors (Lipinski definition) is 3. The van der Waals surface area contributed by atoms with Crippen molar-refractivity contribution in [3.8, 4) is 11.5 Å². The number of hydrogen-bond donors (Lipinski definition) is 1. The number of amides is 1. The molecule has 4 rings (SSSR count). The highest BCUT2D eigenvalue weighted by Crippen LogP contribution is 2.44. The lowest BCUT2D eigenvalue weighted by atomic mass is 9.67. The highest BCUT2D eigenvalue weighted by atomic mass is 19.3. The standard InChI is InChI=1S/C32H32F7NO3/c1-42-27-16-22(11-12-26(27)43-30(36)37)31(17-20-7-3-2-4-8-20,19-28(41)40-25-9-5-6-10-25)23-13-21(14-24(33)15-23)18-32(38,39)29(34)35/h2-4,7-8,11-16,25,29-30H,5-6,9-10,17-19H2,1H3,(H,40,41)/t31-/m0/s1. The van der Waals surface area contributed by atoms with E-state index in [1.165, 1.54) is 31.4 Å². The van der Waals surface area contributed by atoms with E-state index in [0.29, 0.717) is 11.1 Å². The number of benzene rings is 3. The molecule has 1 atom stereocenters. The number of nitrogens with one attached hydrogen (secondary N) is 1. The maximum atomic E-state index is 15.1. The Morgan fingerprint density at radius 1 is 0.884 bits per heavy atom. The summed E-state index contributed by atoms with van der Waals surface area (Å²) in [5, 5.41) is 3.00. The minimum Gasteiger partial charge on any atom is -0.493 e. The zero-order valence-corrected chi connectivity index (χ0v) is 23.4. The Balaban J connectivity index is 1.93. The predicted molar refractivity (Wildman–Crippen MR) is 147 cm³/mol. The monoisotopic (exact) mass is 611 g/mol. The van der Waals surface area contributed by atoms with Gasteiger partial charge in [-0.1, -0.05) is 55.3 Å². The molecule has 0 bridgehead atoms. The van der Waals surface area contributed by atoms with Crippen LogP contribution in [0.1, 0.15) is 54.4 Å². The maximum absolute atomic E-state index is 15.1. The Hall–Kier alpha value is -3.76. The van der Waals surface area contributed by atoms with Gasteiger partial charge in [-0.15, -0.1) is 0 Å². The summed E-state index contributed by atoms with van der Waals surface area (Å²) >= 11 is 0. The molecule has 11 heteroatoms. The van der Waals surface area contributed by atoms with Crippen LogP contribution < -0.4 is 14.8 Å². The molecule has 0 unspecified atom stereocenters. The molecule has 3 aromatic carbocycles. The summed E-state index contributed by atoms with van der Waals surface area (Å²) in [6.07, 6.45) is -2.24. The molecular weight excluding hydrogens is 579 g/mol. The molecule has 1 aliphatic rings. The van der Waals surface area contributed by atoms with E-state index in [4.69, 9.17) is 4.74 Å². The molecule has 232 valence electrons. The van der Waals surface area contributed by atoms with Crippen molar-refractivity contribution >= 4 is 5.91 Å². The van der Waals surface area contributed by atoms with Crippen LogP contribution in [-0.2, 0) is 23.1 Å². The van der Waals surface area contributed by atoms with Crippen molar-refractivity contribution in [2.75, 3.05) is 7.11 Å². The highest BCUT2D eigenvalue weighted by Gasteiger charge is 2.42. The van der Waals surface area contributed by atoms with Gasteiger partial charge in [0, 0.05) is 24.3 Å². The maximum Gasteiger partial charge on any atom is 0.387 e. The molecule has 1 saturated carbocycles. The first-order valence-corrected chi connectivity index (χ1v) is 13.8. The first-order chi connectivity index (χ1) is 20.4. The summed E-state index contributed by atoms with van der Waals surface area (Å²) in [7, 11) is 1.23. The van der Waals surface area contributed by atoms with Crippen molar-refractivity contribution in [1.82, 2.24) is 5.32 Å². The van der Waals surface area contributed by atoms with Crippen LogP contribution in [0.4, 0.5) is 30.7 Å². The number of carbonyl (C=O) groups excluding carboxylic acids is 1. The Morgan fingerprint density at radius 2 is 1.58 bits per heavy atom. The lowest BCUT2D eigenvalue weighted by molar-refractivity contribution is -0.127. The highest BCUT2D eigenvalue weighted by molar-refractivity contribution is 5.79. The molecule has 3 aromatic rings. The minimum absolute atomic E-state index is 0.0399. The molecule has 0 spiro atoms. The largest absolute Gasteiger partial charge is 0.493 e. The Morgan fingerprint density at radius 3 is 2.21 bits per heavy atom. The van der Waals surface area contributed by atoms with Gasteiger partial charge in [-0.25, -0.2) is 13.2 Å². The number of alkyl halides is 6. The second-order valence-corrected chi connectivity index (χ2v) is 10.8. The van der Waals surface area contributed by atoms with Crippen LogP contribution in [0, 0.1) is 5.82 Å². The van der Waals surface area contributed by atoms with Crippen molar-refractivity contribution in [1.29, 1.82) is 0 Å². The Labute approximate surface area is 245 Å². The average Bonchev–Trinajstić information content (AvgIpc) is 3.45. The van der Waals surface area contributed by atoms with Crippen LogP contribution >= 0.6 is 0 Å². The van der Waals surface area contributed by atoms with Crippen LogP contribution in [-0.4, -0.2) is 38.0 Å². The summed E-state index contributed by atoms with van der Waals surface area (Å²) in [5.74, 6) is -6.19. The summed E-state index contributed by atoms with van der Waals surface area (Å²) in [6, 6.07) is 15.8. The fourth-order valence-corrected chi connectivity index (χ4v) is 5.74. The first-order valence-electron chi connectivity index (χ1n) is 13.8. The van der Waals surface area contributed by atoms with Gasteiger partial charge in [0.15, 0.2) is 11.5 Å². The summed E-state index contributed by atoms with van der Waals surface area (Å²) in [5.41, 5.74) is -0.793. The first kappa shape index (κ1) is 32.2. The van der Waals surface area contributed by atoms with Crippen LogP contribution in [0.2, 0.25) is 0 Å². The zero-order valence-electron chi connectivity index (χ0n) is 23.4. The van der Waals surface area contributed by atoms with Gasteiger partial charge in [-0.2, -0.15) is 17.6 Å². The Bertz CT molecular complexity index is 1380. The average molecular weight is 612 g/mol. The van der Waals surface area contributed by atoms with Gasteiger partial charge in [0.2, 0.25) is 5.91 Å². The number of rotatable bonds is 13. The number of halogens is 7. The van der Waals surface area contributed by atoms with Crippen LogP contribution in [0.15, 0.2) is 66.7 Å². The summed E-state index contributed by atoms with van der Waals surface area (Å²) < 4.78 is 106. The topological polar surface area (TPSA) is 47.6 Å². The molecule has 0 aliphatic heterocycles. The van der Waals surface area contributed by atoms with Gasteiger partial charge in [-0.3, -0.25) is 4.79 Å². The predicted octanol–water partition coefficient (Wildman–Crippen LogP) is 7.86. The van der Waals surface area contributed by atoms with E-state index in [1.54, 1.807) is 30.3 Å². The summed E-state index contributed by atoms with van der Waals surface area (Å²) in [4.78, 5) is 13.6. The Kier molecular flexibility index (Phi) is 10.2. The fraction of sp³-hybridized carbons (Fsp3) is 0.406. The fourth-order valence-electron chi connectivity index (χ4n) is 5.74. The third kappa shape index (κ3) is 8.00. The molecule has 1 amide bonds. The zero-order chi connectivity index (χ0) is 31.2.